The van der Waals surface area contributed by atoms with Crippen LogP contribution in [0.3, 0.4) is 0 Å². The van der Waals surface area contributed by atoms with Gasteiger partial charge >= 0.3 is 6.36 Å². The zero-order valence-electron chi connectivity index (χ0n) is 13.9. The minimum Gasteiger partial charge on any atom is -0.404 e. The maximum atomic E-state index is 12.4. The molecule has 2 aromatic rings. The molecule has 0 saturated carbocycles. The van der Waals surface area contributed by atoms with Gasteiger partial charge in [-0.25, -0.2) is 0 Å². The van der Waals surface area contributed by atoms with E-state index in [1.165, 1.54) is 18.2 Å². The highest BCUT2D eigenvalue weighted by Gasteiger charge is 2.32. The number of para-hydroxylation sites is 3. The Kier molecular flexibility index (Phi) is 5.90. The molecule has 25 heavy (non-hydrogen) atoms. The topological polar surface area (TPSA) is 50.4 Å². The number of hydrogen-bond donors (Lipinski definition) is 2. The van der Waals surface area contributed by atoms with Crippen LogP contribution < -0.4 is 15.4 Å². The van der Waals surface area contributed by atoms with Crippen molar-refractivity contribution >= 4 is 17.3 Å². The van der Waals surface area contributed by atoms with Gasteiger partial charge in [0.2, 0.25) is 5.91 Å². The third-order valence-electron chi connectivity index (χ3n) is 3.41. The molecule has 0 aromatic heterocycles. The number of ether oxygens (including phenoxy) is 1. The van der Waals surface area contributed by atoms with Gasteiger partial charge in [0.05, 0.1) is 12.2 Å². The van der Waals surface area contributed by atoms with Crippen LogP contribution in [-0.4, -0.2) is 18.8 Å². The third kappa shape index (κ3) is 5.70. The number of amides is 1. The van der Waals surface area contributed by atoms with Crippen molar-refractivity contribution in [2.75, 3.05) is 17.2 Å². The Morgan fingerprint density at radius 3 is 2.28 bits per heavy atom. The molecule has 0 fully saturated rings. The minimum absolute atomic E-state index is 0.0899. The summed E-state index contributed by atoms with van der Waals surface area (Å²) in [6.45, 7) is 3.83. The van der Waals surface area contributed by atoms with Crippen molar-refractivity contribution in [3.8, 4) is 5.75 Å². The fourth-order valence-electron chi connectivity index (χ4n) is 2.31. The number of alkyl halides is 3. The molecule has 0 unspecified atom stereocenters. The Balaban J connectivity index is 2.02. The Morgan fingerprint density at radius 1 is 1.04 bits per heavy atom. The molecular formula is C18H19F3N2O2. The zero-order chi connectivity index (χ0) is 18.4. The van der Waals surface area contributed by atoms with Crippen molar-refractivity contribution in [2.24, 2.45) is 0 Å². The van der Waals surface area contributed by atoms with E-state index in [1.807, 2.05) is 26.0 Å². The van der Waals surface area contributed by atoms with Crippen LogP contribution in [0.15, 0.2) is 48.5 Å². The highest BCUT2D eigenvalue weighted by atomic mass is 19.4. The van der Waals surface area contributed by atoms with Gasteiger partial charge in [-0.1, -0.05) is 44.2 Å². The molecule has 2 rings (SSSR count). The quantitative estimate of drug-likeness (QED) is 0.788. The van der Waals surface area contributed by atoms with E-state index in [-0.39, 0.29) is 29.8 Å². The molecular weight excluding hydrogens is 333 g/mol. The normalized spacial score (nSPS) is 11.3. The predicted octanol–water partition coefficient (Wildman–Crippen LogP) is 4.76. The van der Waals surface area contributed by atoms with Crippen LogP contribution in [0.4, 0.5) is 24.5 Å². The minimum atomic E-state index is -4.80. The first-order valence-electron chi connectivity index (χ1n) is 7.73. The second kappa shape index (κ2) is 7.92. The molecule has 7 heteroatoms. The van der Waals surface area contributed by atoms with Crippen molar-refractivity contribution in [3.63, 3.8) is 0 Å². The van der Waals surface area contributed by atoms with Crippen LogP contribution in [0.25, 0.3) is 0 Å². The number of rotatable bonds is 6. The van der Waals surface area contributed by atoms with E-state index in [9.17, 15) is 18.0 Å². The van der Waals surface area contributed by atoms with E-state index in [0.29, 0.717) is 5.69 Å². The molecule has 2 N–H and O–H groups in total. The van der Waals surface area contributed by atoms with E-state index in [2.05, 4.69) is 15.4 Å². The van der Waals surface area contributed by atoms with Gasteiger partial charge in [0, 0.05) is 5.69 Å². The van der Waals surface area contributed by atoms with Crippen LogP contribution in [0, 0.1) is 0 Å². The van der Waals surface area contributed by atoms with Gasteiger partial charge in [-0.3, -0.25) is 4.79 Å². The number of hydrogen-bond acceptors (Lipinski definition) is 3. The molecule has 0 heterocycles. The van der Waals surface area contributed by atoms with Crippen LogP contribution >= 0.6 is 0 Å². The van der Waals surface area contributed by atoms with Crippen LogP contribution in [0.1, 0.15) is 25.3 Å². The van der Waals surface area contributed by atoms with Crippen molar-refractivity contribution in [2.45, 2.75) is 26.1 Å². The average Bonchev–Trinajstić information content (AvgIpc) is 2.53. The fourth-order valence-corrected chi connectivity index (χ4v) is 2.31. The summed E-state index contributed by atoms with van der Waals surface area (Å²) in [5.74, 6) is -0.523. The summed E-state index contributed by atoms with van der Waals surface area (Å²) >= 11 is 0. The van der Waals surface area contributed by atoms with Gasteiger partial charge in [0.25, 0.3) is 0 Å². The Bertz CT molecular complexity index is 730. The van der Waals surface area contributed by atoms with E-state index >= 15 is 0 Å². The van der Waals surface area contributed by atoms with E-state index in [4.69, 9.17) is 0 Å². The van der Waals surface area contributed by atoms with E-state index < -0.39 is 6.36 Å². The third-order valence-corrected chi connectivity index (χ3v) is 3.41. The smallest absolute Gasteiger partial charge is 0.404 e. The molecule has 4 nitrogen and oxygen atoms in total. The molecule has 0 bridgehead atoms. The van der Waals surface area contributed by atoms with E-state index in [0.717, 1.165) is 5.56 Å². The SMILES string of the molecule is CC(C)c1ccccc1NC(=O)CNc1ccccc1OC(F)(F)F. The van der Waals surface area contributed by atoms with Crippen molar-refractivity contribution in [1.82, 2.24) is 0 Å². The highest BCUT2D eigenvalue weighted by molar-refractivity contribution is 5.94. The molecule has 2 aromatic carbocycles. The number of carbonyl (C=O) groups excluding carboxylic acids is 1. The summed E-state index contributed by atoms with van der Waals surface area (Å²) < 4.78 is 41.1. The Hall–Kier alpha value is -2.70. The molecule has 0 aliphatic carbocycles. The number of benzene rings is 2. The number of halogens is 3. The first-order valence-corrected chi connectivity index (χ1v) is 7.73. The van der Waals surface area contributed by atoms with Crippen molar-refractivity contribution < 1.29 is 22.7 Å². The molecule has 0 saturated heterocycles. The van der Waals surface area contributed by atoms with Gasteiger partial charge in [-0.05, 0) is 29.7 Å². The number of carbonyl (C=O) groups is 1. The summed E-state index contributed by atoms with van der Waals surface area (Å²) in [4.78, 5) is 12.1. The average molecular weight is 352 g/mol. The monoisotopic (exact) mass is 352 g/mol. The molecule has 0 aliphatic heterocycles. The highest BCUT2D eigenvalue weighted by Crippen LogP contribution is 2.30. The summed E-state index contributed by atoms with van der Waals surface area (Å²) in [6.07, 6.45) is -4.80. The second-order valence-electron chi connectivity index (χ2n) is 5.69. The summed E-state index contributed by atoms with van der Waals surface area (Å²) in [6, 6.07) is 13.0. The van der Waals surface area contributed by atoms with Gasteiger partial charge in [-0.15, -0.1) is 13.2 Å². The van der Waals surface area contributed by atoms with Crippen molar-refractivity contribution in [3.05, 3.63) is 54.1 Å². The van der Waals surface area contributed by atoms with Gasteiger partial charge in [0.15, 0.2) is 5.75 Å². The molecule has 0 aliphatic rings. The first kappa shape index (κ1) is 18.6. The Labute approximate surface area is 144 Å². The van der Waals surface area contributed by atoms with Gasteiger partial charge in [-0.2, -0.15) is 0 Å². The lowest BCUT2D eigenvalue weighted by atomic mass is 10.0. The summed E-state index contributed by atoms with van der Waals surface area (Å²) in [5.41, 5.74) is 1.76. The second-order valence-corrected chi connectivity index (χ2v) is 5.69. The largest absolute Gasteiger partial charge is 0.573 e. The maximum Gasteiger partial charge on any atom is 0.573 e. The van der Waals surface area contributed by atoms with Crippen molar-refractivity contribution in [1.29, 1.82) is 0 Å². The van der Waals surface area contributed by atoms with Crippen LogP contribution in [-0.2, 0) is 4.79 Å². The lowest BCUT2D eigenvalue weighted by Crippen LogP contribution is -2.23. The van der Waals surface area contributed by atoms with E-state index in [1.54, 1.807) is 18.2 Å². The predicted molar refractivity (Wildman–Crippen MR) is 90.8 cm³/mol. The van der Waals surface area contributed by atoms with Gasteiger partial charge < -0.3 is 15.4 Å². The van der Waals surface area contributed by atoms with Gasteiger partial charge in [0.1, 0.15) is 0 Å². The maximum absolute atomic E-state index is 12.4. The molecule has 0 radical (unpaired) electrons. The zero-order valence-corrected chi connectivity index (χ0v) is 13.9. The number of nitrogens with one attached hydrogen (secondary N) is 2. The standard InChI is InChI=1S/C18H19F3N2O2/c1-12(2)13-7-3-4-8-14(13)23-17(24)11-22-15-9-5-6-10-16(15)25-18(19,20)21/h3-10,12,22H,11H2,1-2H3,(H,23,24). The molecule has 0 atom stereocenters. The lowest BCUT2D eigenvalue weighted by Gasteiger charge is -2.16. The van der Waals surface area contributed by atoms with Crippen LogP contribution in [0.5, 0.6) is 5.75 Å². The summed E-state index contributed by atoms with van der Waals surface area (Å²) in [7, 11) is 0. The Morgan fingerprint density at radius 2 is 1.64 bits per heavy atom. The summed E-state index contributed by atoms with van der Waals surface area (Å²) in [5, 5.41) is 5.43. The fraction of sp³-hybridized carbons (Fsp3) is 0.278. The number of anilines is 2. The van der Waals surface area contributed by atoms with Crippen LogP contribution in [0.2, 0.25) is 0 Å². The molecule has 134 valence electrons. The molecule has 0 spiro atoms. The first-order chi connectivity index (χ1) is 11.8. The lowest BCUT2D eigenvalue weighted by molar-refractivity contribution is -0.274. The molecule has 1 amide bonds.